The van der Waals surface area contributed by atoms with Gasteiger partial charge in [0.15, 0.2) is 23.4 Å². The molecule has 0 radical (unpaired) electrons. The average Bonchev–Trinajstić information content (AvgIpc) is 2.50. The third kappa shape index (κ3) is 4.77. The number of carbonyl (C=O) groups is 2. The summed E-state index contributed by atoms with van der Waals surface area (Å²) in [4.78, 5) is 23.1. The van der Waals surface area contributed by atoms with E-state index >= 15 is 0 Å². The number of Topliss-reactive ketones (excluding diaryl/α,β-unsaturated/α-hetero) is 1. The first-order valence-corrected chi connectivity index (χ1v) is 6.96. The van der Waals surface area contributed by atoms with Crippen LogP contribution < -0.4 is 9.47 Å². The summed E-state index contributed by atoms with van der Waals surface area (Å²) in [6.45, 7) is 3.52. The lowest BCUT2D eigenvalue weighted by molar-refractivity contribution is -0.149. The van der Waals surface area contributed by atoms with Crippen LogP contribution in [0.4, 0.5) is 0 Å². The zero-order valence-electron chi connectivity index (χ0n) is 13.0. The lowest BCUT2D eigenvalue weighted by Gasteiger charge is -2.18. The van der Waals surface area contributed by atoms with Crippen molar-refractivity contribution in [2.24, 2.45) is 0 Å². The predicted octanol–water partition coefficient (Wildman–Crippen LogP) is 3.01. The third-order valence-electron chi connectivity index (χ3n) is 3.12. The standard InChI is InChI=1S/C16H22O5/c1-5-6-7-14(16(18)20-4)21-13-9-8-12(11(2)17)10-15(13)19-3/h8-10,14H,5-7H2,1-4H3. The molecule has 0 spiro atoms. The minimum atomic E-state index is -0.674. The summed E-state index contributed by atoms with van der Waals surface area (Å²) in [6.07, 6.45) is 1.71. The number of hydrogen-bond donors (Lipinski definition) is 0. The zero-order valence-corrected chi connectivity index (χ0v) is 13.0. The molecule has 21 heavy (non-hydrogen) atoms. The maximum absolute atomic E-state index is 11.8. The first-order valence-electron chi connectivity index (χ1n) is 6.96. The van der Waals surface area contributed by atoms with E-state index < -0.39 is 12.1 Å². The number of methoxy groups -OCH3 is 2. The van der Waals surface area contributed by atoms with Crippen molar-refractivity contribution in [3.05, 3.63) is 23.8 Å². The molecule has 5 nitrogen and oxygen atoms in total. The lowest BCUT2D eigenvalue weighted by atomic mass is 10.1. The van der Waals surface area contributed by atoms with E-state index in [0.29, 0.717) is 23.5 Å². The molecule has 5 heteroatoms. The highest BCUT2D eigenvalue weighted by Crippen LogP contribution is 2.30. The van der Waals surface area contributed by atoms with Crippen molar-refractivity contribution < 1.29 is 23.8 Å². The molecule has 0 bridgehead atoms. The normalized spacial score (nSPS) is 11.6. The largest absolute Gasteiger partial charge is 0.493 e. The first kappa shape index (κ1) is 17.0. The molecule has 0 N–H and O–H groups in total. The van der Waals surface area contributed by atoms with Gasteiger partial charge in [-0.3, -0.25) is 4.79 Å². The Morgan fingerprint density at radius 2 is 1.90 bits per heavy atom. The molecule has 116 valence electrons. The Bertz CT molecular complexity index is 495. The maximum Gasteiger partial charge on any atom is 0.347 e. The van der Waals surface area contributed by atoms with Crippen LogP contribution in [0.1, 0.15) is 43.5 Å². The van der Waals surface area contributed by atoms with Crippen LogP contribution in [-0.4, -0.2) is 32.1 Å². The van der Waals surface area contributed by atoms with Gasteiger partial charge in [-0.1, -0.05) is 13.3 Å². The molecule has 0 saturated carbocycles. The second-order valence-electron chi connectivity index (χ2n) is 4.69. The zero-order chi connectivity index (χ0) is 15.8. The van der Waals surface area contributed by atoms with Gasteiger partial charge in [0, 0.05) is 5.56 Å². The predicted molar refractivity (Wildman–Crippen MR) is 79.0 cm³/mol. The van der Waals surface area contributed by atoms with E-state index in [2.05, 4.69) is 0 Å². The number of hydrogen-bond acceptors (Lipinski definition) is 5. The molecular formula is C16H22O5. The number of esters is 1. The van der Waals surface area contributed by atoms with Crippen LogP contribution in [0.25, 0.3) is 0 Å². The third-order valence-corrected chi connectivity index (χ3v) is 3.12. The quantitative estimate of drug-likeness (QED) is 0.545. The number of rotatable bonds is 8. The molecule has 0 aliphatic heterocycles. The van der Waals surface area contributed by atoms with E-state index in [1.54, 1.807) is 18.2 Å². The summed E-state index contributed by atoms with van der Waals surface area (Å²) in [5.74, 6) is 0.374. The molecule has 1 unspecified atom stereocenters. The highest BCUT2D eigenvalue weighted by molar-refractivity contribution is 5.94. The summed E-state index contributed by atoms with van der Waals surface area (Å²) in [7, 11) is 2.83. The maximum atomic E-state index is 11.8. The Morgan fingerprint density at radius 3 is 2.43 bits per heavy atom. The van der Waals surface area contributed by atoms with Crippen molar-refractivity contribution in [2.45, 2.75) is 39.2 Å². The van der Waals surface area contributed by atoms with Crippen molar-refractivity contribution in [3.63, 3.8) is 0 Å². The number of carbonyl (C=O) groups excluding carboxylic acids is 2. The molecule has 1 aromatic carbocycles. The number of ketones is 1. The van der Waals surface area contributed by atoms with Crippen LogP contribution >= 0.6 is 0 Å². The van der Waals surface area contributed by atoms with Gasteiger partial charge in [0.25, 0.3) is 0 Å². The lowest BCUT2D eigenvalue weighted by Crippen LogP contribution is -2.28. The summed E-state index contributed by atoms with van der Waals surface area (Å²) >= 11 is 0. The SMILES string of the molecule is CCCCC(Oc1ccc(C(C)=O)cc1OC)C(=O)OC. The number of unbranched alkanes of at least 4 members (excludes halogenated alkanes) is 1. The van der Waals surface area contributed by atoms with E-state index in [9.17, 15) is 9.59 Å². The summed E-state index contributed by atoms with van der Waals surface area (Å²) in [6, 6.07) is 4.89. The van der Waals surface area contributed by atoms with E-state index in [0.717, 1.165) is 12.8 Å². The molecule has 1 atom stereocenters. The Hall–Kier alpha value is -2.04. The van der Waals surface area contributed by atoms with Crippen molar-refractivity contribution >= 4 is 11.8 Å². The van der Waals surface area contributed by atoms with Crippen molar-refractivity contribution in [3.8, 4) is 11.5 Å². The van der Waals surface area contributed by atoms with E-state index in [4.69, 9.17) is 14.2 Å². The van der Waals surface area contributed by atoms with E-state index in [1.807, 2.05) is 6.92 Å². The molecule has 1 aromatic rings. The Kier molecular flexibility index (Phi) is 6.72. The van der Waals surface area contributed by atoms with Crippen LogP contribution in [0.3, 0.4) is 0 Å². The summed E-state index contributed by atoms with van der Waals surface area (Å²) in [5, 5.41) is 0. The van der Waals surface area contributed by atoms with Gasteiger partial charge in [0.1, 0.15) is 0 Å². The van der Waals surface area contributed by atoms with Gasteiger partial charge in [0.2, 0.25) is 0 Å². The highest BCUT2D eigenvalue weighted by Gasteiger charge is 2.22. The minimum absolute atomic E-state index is 0.0599. The van der Waals surface area contributed by atoms with E-state index in [1.165, 1.54) is 21.1 Å². The van der Waals surface area contributed by atoms with E-state index in [-0.39, 0.29) is 5.78 Å². The molecule has 0 aliphatic rings. The van der Waals surface area contributed by atoms with Crippen molar-refractivity contribution in [2.75, 3.05) is 14.2 Å². The van der Waals surface area contributed by atoms with Crippen LogP contribution in [0.15, 0.2) is 18.2 Å². The number of benzene rings is 1. The Labute approximate surface area is 125 Å². The van der Waals surface area contributed by atoms with Gasteiger partial charge in [0.05, 0.1) is 14.2 Å². The fourth-order valence-corrected chi connectivity index (χ4v) is 1.88. The van der Waals surface area contributed by atoms with Gasteiger partial charge in [-0.05, 0) is 38.0 Å². The first-order chi connectivity index (χ1) is 10.0. The minimum Gasteiger partial charge on any atom is -0.493 e. The smallest absolute Gasteiger partial charge is 0.347 e. The Morgan fingerprint density at radius 1 is 1.19 bits per heavy atom. The topological polar surface area (TPSA) is 61.8 Å². The molecule has 0 heterocycles. The number of ether oxygens (including phenoxy) is 3. The van der Waals surface area contributed by atoms with Gasteiger partial charge in [-0.15, -0.1) is 0 Å². The van der Waals surface area contributed by atoms with Crippen LogP contribution in [-0.2, 0) is 9.53 Å². The second-order valence-corrected chi connectivity index (χ2v) is 4.69. The second kappa shape index (κ2) is 8.29. The Balaban J connectivity index is 2.96. The average molecular weight is 294 g/mol. The van der Waals surface area contributed by atoms with Crippen molar-refractivity contribution in [1.29, 1.82) is 0 Å². The summed E-state index contributed by atoms with van der Waals surface area (Å²) in [5.41, 5.74) is 0.530. The molecular weight excluding hydrogens is 272 g/mol. The molecule has 0 saturated heterocycles. The molecule has 0 fully saturated rings. The molecule has 1 rings (SSSR count). The monoisotopic (exact) mass is 294 g/mol. The van der Waals surface area contributed by atoms with Gasteiger partial charge in [-0.2, -0.15) is 0 Å². The van der Waals surface area contributed by atoms with Gasteiger partial charge < -0.3 is 14.2 Å². The van der Waals surface area contributed by atoms with Crippen LogP contribution in [0.5, 0.6) is 11.5 Å². The van der Waals surface area contributed by atoms with Gasteiger partial charge in [-0.25, -0.2) is 4.79 Å². The molecule has 0 amide bonds. The van der Waals surface area contributed by atoms with Crippen molar-refractivity contribution in [1.82, 2.24) is 0 Å². The fraction of sp³-hybridized carbons (Fsp3) is 0.500. The van der Waals surface area contributed by atoms with Gasteiger partial charge >= 0.3 is 5.97 Å². The fourth-order valence-electron chi connectivity index (χ4n) is 1.88. The van der Waals surface area contributed by atoms with Crippen LogP contribution in [0, 0.1) is 0 Å². The molecule has 0 aliphatic carbocycles. The highest BCUT2D eigenvalue weighted by atomic mass is 16.6. The summed E-state index contributed by atoms with van der Waals surface area (Å²) < 4.78 is 15.7. The molecule has 0 aromatic heterocycles. The van der Waals surface area contributed by atoms with Crippen LogP contribution in [0.2, 0.25) is 0 Å².